The minimum absolute atomic E-state index is 0.178. The highest BCUT2D eigenvalue weighted by Gasteiger charge is 2.38. The van der Waals surface area contributed by atoms with E-state index in [1.54, 1.807) is 26.0 Å². The van der Waals surface area contributed by atoms with Crippen LogP contribution in [-0.2, 0) is 24.3 Å². The molecular weight excluding hydrogens is 552 g/mol. The van der Waals surface area contributed by atoms with E-state index in [9.17, 15) is 28.6 Å². The quantitative estimate of drug-likeness (QED) is 0.238. The van der Waals surface area contributed by atoms with Crippen molar-refractivity contribution in [3.8, 4) is 0 Å². The number of aliphatic hydroxyl groups is 2. The first-order chi connectivity index (χ1) is 20.6. The van der Waals surface area contributed by atoms with E-state index >= 15 is 0 Å². The van der Waals surface area contributed by atoms with E-state index in [2.05, 4.69) is 15.5 Å². The van der Waals surface area contributed by atoms with Crippen LogP contribution >= 0.6 is 0 Å². The molecule has 1 aliphatic heterocycles. The zero-order chi connectivity index (χ0) is 30.9. The maximum Gasteiger partial charge on any atom is 0.251 e. The van der Waals surface area contributed by atoms with E-state index in [0.717, 1.165) is 49.0 Å². The Morgan fingerprint density at radius 3 is 2.07 bits per heavy atom. The normalized spacial score (nSPS) is 16.4. The first-order valence-electron chi connectivity index (χ1n) is 14.9. The Morgan fingerprint density at radius 2 is 1.47 bits per heavy atom. The van der Waals surface area contributed by atoms with Crippen molar-refractivity contribution in [1.82, 2.24) is 15.5 Å². The number of aliphatic hydroxyl groups excluding tert-OH is 2. The predicted molar refractivity (Wildman–Crippen MR) is 161 cm³/mol. The third kappa shape index (κ3) is 9.16. The van der Waals surface area contributed by atoms with Gasteiger partial charge in [0.1, 0.15) is 17.7 Å². The Bertz CT molecular complexity index is 1330. The molecule has 0 radical (unpaired) electrons. The predicted octanol–water partition coefficient (Wildman–Crippen LogP) is 4.21. The van der Waals surface area contributed by atoms with Gasteiger partial charge < -0.3 is 20.8 Å². The van der Waals surface area contributed by atoms with Gasteiger partial charge in [-0.15, -0.1) is 0 Å². The molecule has 1 fully saturated rings. The van der Waals surface area contributed by atoms with Gasteiger partial charge in [-0.3, -0.25) is 14.5 Å². The summed E-state index contributed by atoms with van der Waals surface area (Å²) in [6, 6.07) is 18.2. The number of amides is 2. The molecule has 0 aromatic heterocycles. The van der Waals surface area contributed by atoms with Gasteiger partial charge in [-0.05, 0) is 79.2 Å². The Balaban J connectivity index is 1.51. The summed E-state index contributed by atoms with van der Waals surface area (Å²) in [5, 5.41) is 28.3. The van der Waals surface area contributed by atoms with Crippen molar-refractivity contribution < 1.29 is 28.6 Å². The average Bonchev–Trinajstić information content (AvgIpc) is 3.48. The molecule has 3 aromatic carbocycles. The fourth-order valence-electron chi connectivity index (χ4n) is 5.66. The van der Waals surface area contributed by atoms with Crippen molar-refractivity contribution >= 4 is 11.8 Å². The van der Waals surface area contributed by atoms with E-state index in [0.29, 0.717) is 5.56 Å². The number of hydrogen-bond donors (Lipinski definition) is 4. The summed E-state index contributed by atoms with van der Waals surface area (Å²) in [7, 11) is 0. The molecule has 0 spiro atoms. The Morgan fingerprint density at radius 1 is 0.837 bits per heavy atom. The van der Waals surface area contributed by atoms with Gasteiger partial charge in [-0.2, -0.15) is 0 Å². The topological polar surface area (TPSA) is 102 Å². The third-order valence-corrected chi connectivity index (χ3v) is 7.98. The first-order valence-corrected chi connectivity index (χ1v) is 14.9. The zero-order valence-electron chi connectivity index (χ0n) is 24.7. The van der Waals surface area contributed by atoms with Crippen molar-refractivity contribution in [2.45, 2.75) is 64.4 Å². The number of likely N-dealkylation sites (tertiary alicyclic amines) is 1. The van der Waals surface area contributed by atoms with Crippen LogP contribution in [0.2, 0.25) is 0 Å². The molecule has 0 bridgehead atoms. The van der Waals surface area contributed by atoms with Crippen LogP contribution in [0.25, 0.3) is 0 Å². The lowest BCUT2D eigenvalue weighted by molar-refractivity contribution is -0.135. The average molecular weight is 594 g/mol. The minimum atomic E-state index is -1.63. The SMILES string of the molecule is CC(C)[C@@H](C(=O)NCc1ccccc1)[C@@H](O)[C@H](O)[C@H](Cc1cc(F)cc(F)c1)NC(=O)c1ccc(CN2CCCC2)cc1. The molecule has 0 saturated carbocycles. The second-order valence-corrected chi connectivity index (χ2v) is 11.7. The Hall–Kier alpha value is -3.66. The molecule has 2 amide bonds. The molecule has 0 aliphatic carbocycles. The number of nitrogens with one attached hydrogen (secondary N) is 2. The number of benzene rings is 3. The summed E-state index contributed by atoms with van der Waals surface area (Å²) in [5.74, 6) is -3.97. The fraction of sp³-hybridized carbons (Fsp3) is 0.412. The smallest absolute Gasteiger partial charge is 0.251 e. The van der Waals surface area contributed by atoms with Crippen molar-refractivity contribution in [1.29, 1.82) is 0 Å². The lowest BCUT2D eigenvalue weighted by Gasteiger charge is -2.33. The molecule has 3 aromatic rings. The van der Waals surface area contributed by atoms with E-state index < -0.39 is 47.6 Å². The number of hydrogen-bond acceptors (Lipinski definition) is 5. The molecular formula is C34H41F2N3O4. The molecule has 7 nitrogen and oxygen atoms in total. The van der Waals surface area contributed by atoms with Gasteiger partial charge in [0.2, 0.25) is 5.91 Å². The Kier molecular flexibility index (Phi) is 11.4. The Labute approximate surface area is 251 Å². The number of carbonyl (C=O) groups excluding carboxylic acids is 2. The van der Waals surface area contributed by atoms with Crippen molar-refractivity contribution in [2.75, 3.05) is 13.1 Å². The second-order valence-electron chi connectivity index (χ2n) is 11.7. The van der Waals surface area contributed by atoms with Crippen molar-refractivity contribution in [3.63, 3.8) is 0 Å². The highest BCUT2D eigenvalue weighted by molar-refractivity contribution is 5.94. The van der Waals surface area contributed by atoms with Crippen LogP contribution in [0.4, 0.5) is 8.78 Å². The second kappa shape index (κ2) is 15.2. The monoisotopic (exact) mass is 593 g/mol. The highest BCUT2D eigenvalue weighted by Crippen LogP contribution is 2.23. The molecule has 1 aliphatic rings. The van der Waals surface area contributed by atoms with Crippen LogP contribution < -0.4 is 10.6 Å². The lowest BCUT2D eigenvalue weighted by Crippen LogP contribution is -2.54. The maximum atomic E-state index is 14.0. The molecule has 1 saturated heterocycles. The van der Waals surface area contributed by atoms with E-state index in [4.69, 9.17) is 0 Å². The van der Waals surface area contributed by atoms with Gasteiger partial charge in [0, 0.05) is 24.7 Å². The number of carbonyl (C=O) groups is 2. The summed E-state index contributed by atoms with van der Waals surface area (Å²) >= 11 is 0. The summed E-state index contributed by atoms with van der Waals surface area (Å²) in [6.45, 7) is 6.63. The van der Waals surface area contributed by atoms with Gasteiger partial charge in [-0.25, -0.2) is 8.78 Å². The number of rotatable bonds is 13. The molecule has 230 valence electrons. The summed E-state index contributed by atoms with van der Waals surface area (Å²) in [5.41, 5.74) is 2.47. The van der Waals surface area contributed by atoms with Gasteiger partial charge in [0.05, 0.1) is 18.1 Å². The van der Waals surface area contributed by atoms with Crippen LogP contribution in [0.3, 0.4) is 0 Å². The van der Waals surface area contributed by atoms with E-state index in [1.807, 2.05) is 42.5 Å². The molecule has 0 unspecified atom stereocenters. The van der Waals surface area contributed by atoms with Crippen LogP contribution in [0, 0.1) is 23.5 Å². The maximum absolute atomic E-state index is 14.0. The minimum Gasteiger partial charge on any atom is -0.390 e. The van der Waals surface area contributed by atoms with Crippen LogP contribution in [0.15, 0.2) is 72.8 Å². The van der Waals surface area contributed by atoms with Crippen LogP contribution in [-0.4, -0.2) is 58.3 Å². The summed E-state index contributed by atoms with van der Waals surface area (Å²) in [6.07, 6.45) is -1.03. The molecule has 1 heterocycles. The molecule has 43 heavy (non-hydrogen) atoms. The van der Waals surface area contributed by atoms with Crippen LogP contribution in [0.1, 0.15) is 53.7 Å². The lowest BCUT2D eigenvalue weighted by atomic mass is 9.83. The molecule has 9 heteroatoms. The van der Waals surface area contributed by atoms with E-state index in [-0.39, 0.29) is 24.4 Å². The largest absolute Gasteiger partial charge is 0.390 e. The van der Waals surface area contributed by atoms with Gasteiger partial charge in [0.15, 0.2) is 0 Å². The molecule has 4 atom stereocenters. The standard InChI is InChI=1S/C34H41F2N3O4/c1-22(2)30(34(43)37-20-23-8-4-3-5-9-23)32(41)31(40)29(18-25-16-27(35)19-28(36)17-25)38-33(42)26-12-10-24(11-13-26)21-39-14-6-7-15-39/h3-5,8-13,16-17,19,22,29-32,40-41H,6-7,14-15,18,20-21H2,1-2H3,(H,37,43)(H,38,42)/t29-,30+,31+,32+/m0/s1. The third-order valence-electron chi connectivity index (χ3n) is 7.98. The summed E-state index contributed by atoms with van der Waals surface area (Å²) < 4.78 is 28.0. The number of halogens is 2. The highest BCUT2D eigenvalue weighted by atomic mass is 19.1. The molecule has 4 N–H and O–H groups in total. The zero-order valence-corrected chi connectivity index (χ0v) is 24.7. The van der Waals surface area contributed by atoms with Gasteiger partial charge in [-0.1, -0.05) is 56.3 Å². The fourth-order valence-corrected chi connectivity index (χ4v) is 5.66. The first kappa shape index (κ1) is 32.3. The molecule has 4 rings (SSSR count). The van der Waals surface area contributed by atoms with E-state index in [1.165, 1.54) is 12.8 Å². The van der Waals surface area contributed by atoms with Gasteiger partial charge >= 0.3 is 0 Å². The van der Waals surface area contributed by atoms with Crippen molar-refractivity contribution in [3.05, 3.63) is 107 Å². The van der Waals surface area contributed by atoms with Crippen molar-refractivity contribution in [2.24, 2.45) is 11.8 Å². The van der Waals surface area contributed by atoms with Gasteiger partial charge in [0.25, 0.3) is 5.91 Å². The number of nitrogens with zero attached hydrogens (tertiary/aromatic N) is 1. The summed E-state index contributed by atoms with van der Waals surface area (Å²) in [4.78, 5) is 28.9. The van der Waals surface area contributed by atoms with Crippen LogP contribution in [0.5, 0.6) is 0 Å².